The fourth-order valence-electron chi connectivity index (χ4n) is 1.74. The van der Waals surface area contributed by atoms with Crippen LogP contribution in [0.4, 0.5) is 0 Å². The van der Waals surface area contributed by atoms with Crippen LogP contribution in [0.5, 0.6) is 0 Å². The Morgan fingerprint density at radius 3 is 2.78 bits per heavy atom. The Bertz CT molecular complexity index is 587. The highest BCUT2D eigenvalue weighted by atomic mass is 16.4. The van der Waals surface area contributed by atoms with Crippen molar-refractivity contribution in [3.05, 3.63) is 23.8 Å². The minimum absolute atomic E-state index is 0.145. The first-order chi connectivity index (χ1) is 8.43. The summed E-state index contributed by atoms with van der Waals surface area (Å²) in [5, 5.41) is 17.1. The van der Waals surface area contributed by atoms with Crippen LogP contribution in [0.1, 0.15) is 37.6 Å². The van der Waals surface area contributed by atoms with E-state index in [0.29, 0.717) is 5.52 Å². The van der Waals surface area contributed by atoms with Gasteiger partial charge in [-0.15, -0.1) is 5.10 Å². The van der Waals surface area contributed by atoms with Crippen LogP contribution >= 0.6 is 0 Å². The van der Waals surface area contributed by atoms with Crippen molar-refractivity contribution in [2.45, 2.75) is 33.7 Å². The second-order valence-corrected chi connectivity index (χ2v) is 5.27. The molecule has 1 aromatic carbocycles. The number of aromatic carboxylic acids is 1. The number of fused-ring (bicyclic) bond motifs is 1. The molecule has 0 aliphatic rings. The summed E-state index contributed by atoms with van der Waals surface area (Å²) in [5.74, 6) is -0.944. The van der Waals surface area contributed by atoms with Gasteiger partial charge in [-0.1, -0.05) is 26.0 Å². The molecule has 0 atom stereocenters. The van der Waals surface area contributed by atoms with Crippen LogP contribution in [0.3, 0.4) is 0 Å². The van der Waals surface area contributed by atoms with Gasteiger partial charge in [0.15, 0.2) is 0 Å². The number of aromatic nitrogens is 3. The van der Waals surface area contributed by atoms with Crippen molar-refractivity contribution < 1.29 is 9.90 Å². The third-order valence-corrected chi connectivity index (χ3v) is 3.30. The lowest BCUT2D eigenvalue weighted by Gasteiger charge is -2.22. The average molecular weight is 247 g/mol. The van der Waals surface area contributed by atoms with E-state index in [1.54, 1.807) is 18.2 Å². The van der Waals surface area contributed by atoms with Crippen molar-refractivity contribution in [3.8, 4) is 0 Å². The van der Waals surface area contributed by atoms with E-state index in [4.69, 9.17) is 5.11 Å². The zero-order chi connectivity index (χ0) is 13.3. The predicted molar refractivity (Wildman–Crippen MR) is 68.6 cm³/mol. The monoisotopic (exact) mass is 247 g/mol. The molecule has 0 amide bonds. The fraction of sp³-hybridized carbons (Fsp3) is 0.462. The Balaban J connectivity index is 2.40. The van der Waals surface area contributed by atoms with Crippen molar-refractivity contribution in [3.63, 3.8) is 0 Å². The highest BCUT2D eigenvalue weighted by Crippen LogP contribution is 2.24. The summed E-state index contributed by atoms with van der Waals surface area (Å²) in [6, 6.07) is 4.91. The molecule has 5 heteroatoms. The van der Waals surface area contributed by atoms with Gasteiger partial charge in [0.05, 0.1) is 11.1 Å². The fourth-order valence-corrected chi connectivity index (χ4v) is 1.74. The zero-order valence-corrected chi connectivity index (χ0v) is 10.8. The second kappa shape index (κ2) is 4.40. The maximum atomic E-state index is 10.9. The second-order valence-electron chi connectivity index (χ2n) is 5.27. The Morgan fingerprint density at radius 2 is 2.17 bits per heavy atom. The van der Waals surface area contributed by atoms with E-state index in [0.717, 1.165) is 18.5 Å². The van der Waals surface area contributed by atoms with Crippen molar-refractivity contribution in [2.24, 2.45) is 5.41 Å². The maximum absolute atomic E-state index is 10.9. The van der Waals surface area contributed by atoms with Gasteiger partial charge in [-0.25, -0.2) is 9.48 Å². The zero-order valence-electron chi connectivity index (χ0n) is 10.8. The summed E-state index contributed by atoms with van der Waals surface area (Å²) in [4.78, 5) is 10.9. The molecule has 0 spiro atoms. The highest BCUT2D eigenvalue weighted by Gasteiger charge is 2.18. The predicted octanol–water partition coefficient (Wildman–Crippen LogP) is 2.57. The van der Waals surface area contributed by atoms with Gasteiger partial charge in [-0.2, -0.15) is 0 Å². The molecule has 2 rings (SSSR count). The first-order valence-electron chi connectivity index (χ1n) is 5.99. The number of carbonyl (C=O) groups is 1. The van der Waals surface area contributed by atoms with Gasteiger partial charge in [0.25, 0.3) is 0 Å². The van der Waals surface area contributed by atoms with E-state index >= 15 is 0 Å². The van der Waals surface area contributed by atoms with Gasteiger partial charge in [0, 0.05) is 6.54 Å². The number of hydrogen-bond acceptors (Lipinski definition) is 3. The molecular formula is C13H17N3O2. The van der Waals surface area contributed by atoms with E-state index in [9.17, 15) is 4.79 Å². The van der Waals surface area contributed by atoms with Crippen LogP contribution in [0.25, 0.3) is 11.0 Å². The van der Waals surface area contributed by atoms with E-state index in [-0.39, 0.29) is 11.0 Å². The van der Waals surface area contributed by atoms with Crippen molar-refractivity contribution in [2.75, 3.05) is 0 Å². The Labute approximate surface area is 105 Å². The number of carboxylic acids is 1. The normalized spacial score (nSPS) is 11.9. The van der Waals surface area contributed by atoms with Gasteiger partial charge in [0.1, 0.15) is 5.52 Å². The molecule has 0 unspecified atom stereocenters. The van der Waals surface area contributed by atoms with Crippen LogP contribution < -0.4 is 0 Å². The minimum atomic E-state index is -0.944. The Kier molecular flexibility index (Phi) is 3.07. The van der Waals surface area contributed by atoms with Crippen LogP contribution in [-0.2, 0) is 6.54 Å². The molecule has 0 saturated heterocycles. The summed E-state index contributed by atoms with van der Waals surface area (Å²) in [7, 11) is 0. The van der Waals surface area contributed by atoms with E-state index < -0.39 is 5.97 Å². The molecule has 0 aliphatic carbocycles. The largest absolute Gasteiger partial charge is 0.478 e. The van der Waals surface area contributed by atoms with Gasteiger partial charge in [0.2, 0.25) is 0 Å². The molecule has 0 bridgehead atoms. The number of hydrogen-bond donors (Lipinski definition) is 1. The quantitative estimate of drug-likeness (QED) is 0.901. The number of rotatable bonds is 4. The van der Waals surface area contributed by atoms with Crippen LogP contribution in [0.15, 0.2) is 18.2 Å². The lowest BCUT2D eigenvalue weighted by molar-refractivity contribution is 0.0697. The average Bonchev–Trinajstić information content (AvgIpc) is 2.71. The molecule has 5 nitrogen and oxygen atoms in total. The van der Waals surface area contributed by atoms with Crippen LogP contribution in [-0.4, -0.2) is 26.1 Å². The highest BCUT2D eigenvalue weighted by molar-refractivity contribution is 5.92. The summed E-state index contributed by atoms with van der Waals surface area (Å²) < 4.78 is 1.84. The van der Waals surface area contributed by atoms with E-state index in [1.807, 2.05) is 4.68 Å². The molecule has 2 aromatic rings. The number of benzene rings is 1. The molecule has 0 aliphatic heterocycles. The lowest BCUT2D eigenvalue weighted by Crippen LogP contribution is -2.19. The minimum Gasteiger partial charge on any atom is -0.478 e. The first kappa shape index (κ1) is 12.5. The molecule has 0 fully saturated rings. The third-order valence-electron chi connectivity index (χ3n) is 3.30. The molecule has 1 aromatic heterocycles. The molecule has 1 N–H and O–H groups in total. The molecular weight excluding hydrogens is 230 g/mol. The van der Waals surface area contributed by atoms with E-state index in [1.165, 1.54) is 0 Å². The van der Waals surface area contributed by atoms with Gasteiger partial charge < -0.3 is 5.11 Å². The molecule has 1 heterocycles. The van der Waals surface area contributed by atoms with Gasteiger partial charge >= 0.3 is 5.97 Å². The van der Waals surface area contributed by atoms with E-state index in [2.05, 4.69) is 31.1 Å². The summed E-state index contributed by atoms with van der Waals surface area (Å²) >= 11 is 0. The number of nitrogens with zero attached hydrogens (tertiary/aromatic N) is 3. The van der Waals surface area contributed by atoms with Crippen LogP contribution in [0, 0.1) is 5.41 Å². The van der Waals surface area contributed by atoms with Crippen molar-refractivity contribution >= 4 is 17.0 Å². The summed E-state index contributed by atoms with van der Waals surface area (Å²) in [6.45, 7) is 7.26. The molecule has 0 radical (unpaired) electrons. The van der Waals surface area contributed by atoms with Crippen LogP contribution in [0.2, 0.25) is 0 Å². The molecule has 0 saturated carbocycles. The van der Waals surface area contributed by atoms with Crippen molar-refractivity contribution in [1.29, 1.82) is 0 Å². The van der Waals surface area contributed by atoms with Gasteiger partial charge in [-0.05, 0) is 30.0 Å². The maximum Gasteiger partial charge on any atom is 0.335 e. The molecule has 18 heavy (non-hydrogen) atoms. The Morgan fingerprint density at radius 1 is 1.44 bits per heavy atom. The Hall–Kier alpha value is -1.91. The first-order valence-corrected chi connectivity index (χ1v) is 5.99. The smallest absolute Gasteiger partial charge is 0.335 e. The van der Waals surface area contributed by atoms with Crippen molar-refractivity contribution in [1.82, 2.24) is 15.0 Å². The SMILES string of the molecule is CCC(C)(C)Cn1nnc2cc(C(=O)O)ccc21. The summed E-state index contributed by atoms with van der Waals surface area (Å²) in [6.07, 6.45) is 1.04. The topological polar surface area (TPSA) is 68.0 Å². The number of carboxylic acid groups (broad SMARTS) is 1. The standard InChI is InChI=1S/C13H17N3O2/c1-4-13(2,3)8-16-11-6-5-9(12(17)18)7-10(11)14-15-16/h5-7H,4,8H2,1-3H3,(H,17,18). The summed E-state index contributed by atoms with van der Waals surface area (Å²) in [5.41, 5.74) is 1.89. The third kappa shape index (κ3) is 2.34. The lowest BCUT2D eigenvalue weighted by atomic mass is 9.90. The van der Waals surface area contributed by atoms with Gasteiger partial charge in [-0.3, -0.25) is 0 Å². The molecule has 96 valence electrons.